The molecule has 0 aliphatic heterocycles. The van der Waals surface area contributed by atoms with Gasteiger partial charge in [-0.05, 0) is 31.0 Å². The number of amides is 1. The number of aryl methyl sites for hydroxylation is 1. The van der Waals surface area contributed by atoms with Gasteiger partial charge in [-0.2, -0.15) is 0 Å². The summed E-state index contributed by atoms with van der Waals surface area (Å²) < 4.78 is 26.9. The molecule has 10 heteroatoms. The van der Waals surface area contributed by atoms with E-state index in [0.29, 0.717) is 17.2 Å². The average Bonchev–Trinajstić information content (AvgIpc) is 3.18. The van der Waals surface area contributed by atoms with Crippen LogP contribution in [0.2, 0.25) is 0 Å². The molecule has 0 saturated heterocycles. The lowest BCUT2D eigenvalue weighted by atomic mass is 10.1. The van der Waals surface area contributed by atoms with Crippen LogP contribution in [0.15, 0.2) is 58.9 Å². The van der Waals surface area contributed by atoms with Crippen molar-refractivity contribution in [2.45, 2.75) is 36.4 Å². The first-order valence-electron chi connectivity index (χ1n) is 9.65. The van der Waals surface area contributed by atoms with Gasteiger partial charge < -0.3 is 0 Å². The van der Waals surface area contributed by atoms with Gasteiger partial charge in [0.1, 0.15) is 6.04 Å². The maximum atomic E-state index is 13.0. The van der Waals surface area contributed by atoms with Crippen LogP contribution in [0.3, 0.4) is 0 Å². The number of thioether (sulfide) groups is 1. The van der Waals surface area contributed by atoms with Gasteiger partial charge >= 0.3 is 0 Å². The first-order chi connectivity index (χ1) is 14.8. The predicted molar refractivity (Wildman–Crippen MR) is 127 cm³/mol. The standard InChI is InChI=1S/C21H24N4O3S3/c1-4-18(25(31(3,27)28)17-12-10-15(2)11-13-17)19(26)22-20-23-24-21(30-20)29-14-16-8-6-5-7-9-16/h5-13,18H,4,14H2,1-3H3,(H,22,23,26)/t18-/m1/s1. The van der Waals surface area contributed by atoms with Gasteiger partial charge in [0.05, 0.1) is 11.9 Å². The van der Waals surface area contributed by atoms with Gasteiger partial charge in [-0.25, -0.2) is 8.42 Å². The van der Waals surface area contributed by atoms with E-state index in [4.69, 9.17) is 0 Å². The molecule has 0 fully saturated rings. The first-order valence-corrected chi connectivity index (χ1v) is 13.3. The minimum atomic E-state index is -3.68. The predicted octanol–water partition coefficient (Wildman–Crippen LogP) is 4.32. The number of nitrogens with one attached hydrogen (secondary N) is 1. The van der Waals surface area contributed by atoms with E-state index < -0.39 is 22.0 Å². The Morgan fingerprint density at radius 3 is 2.42 bits per heavy atom. The van der Waals surface area contributed by atoms with Crippen LogP contribution in [0.25, 0.3) is 0 Å². The molecule has 2 aromatic carbocycles. The molecule has 0 unspecified atom stereocenters. The van der Waals surface area contributed by atoms with Crippen LogP contribution in [-0.2, 0) is 20.6 Å². The lowest BCUT2D eigenvalue weighted by molar-refractivity contribution is -0.117. The zero-order chi connectivity index (χ0) is 22.4. The number of carbonyl (C=O) groups is 1. The van der Waals surface area contributed by atoms with Crippen molar-refractivity contribution >= 4 is 49.8 Å². The third kappa shape index (κ3) is 6.28. The van der Waals surface area contributed by atoms with Crippen LogP contribution >= 0.6 is 23.1 Å². The van der Waals surface area contributed by atoms with Crippen LogP contribution in [0.5, 0.6) is 0 Å². The normalized spacial score (nSPS) is 12.4. The molecular formula is C21H24N4O3S3. The van der Waals surface area contributed by atoms with E-state index in [1.165, 1.54) is 28.7 Å². The van der Waals surface area contributed by atoms with Crippen LogP contribution in [-0.4, -0.2) is 36.8 Å². The molecule has 3 aromatic rings. The Morgan fingerprint density at radius 2 is 1.81 bits per heavy atom. The van der Waals surface area contributed by atoms with Gasteiger partial charge in [0, 0.05) is 5.75 Å². The van der Waals surface area contributed by atoms with Crippen LogP contribution in [0.1, 0.15) is 24.5 Å². The fraction of sp³-hybridized carbons (Fsp3) is 0.286. The quantitative estimate of drug-likeness (QED) is 0.365. The highest BCUT2D eigenvalue weighted by atomic mass is 32.2. The van der Waals surface area contributed by atoms with Gasteiger partial charge in [0.2, 0.25) is 21.1 Å². The summed E-state index contributed by atoms with van der Waals surface area (Å²) in [4.78, 5) is 13.0. The van der Waals surface area contributed by atoms with Crippen molar-refractivity contribution in [3.8, 4) is 0 Å². The molecule has 1 aromatic heterocycles. The average molecular weight is 477 g/mol. The van der Waals surface area contributed by atoms with Gasteiger partial charge in [-0.15, -0.1) is 10.2 Å². The molecule has 31 heavy (non-hydrogen) atoms. The second kappa shape index (κ2) is 10.3. The summed E-state index contributed by atoms with van der Waals surface area (Å²) >= 11 is 2.80. The van der Waals surface area contributed by atoms with E-state index in [0.717, 1.165) is 26.2 Å². The van der Waals surface area contributed by atoms with Crippen molar-refractivity contribution in [1.29, 1.82) is 0 Å². The molecule has 1 heterocycles. The highest BCUT2D eigenvalue weighted by molar-refractivity contribution is 8.00. The van der Waals surface area contributed by atoms with E-state index in [1.807, 2.05) is 49.4 Å². The molecule has 0 radical (unpaired) electrons. The molecule has 0 bridgehead atoms. The summed E-state index contributed by atoms with van der Waals surface area (Å²) in [6.45, 7) is 3.69. The van der Waals surface area contributed by atoms with Crippen LogP contribution in [0, 0.1) is 6.92 Å². The molecule has 0 saturated carbocycles. The minimum Gasteiger partial charge on any atom is -0.299 e. The maximum Gasteiger partial charge on any atom is 0.250 e. The summed E-state index contributed by atoms with van der Waals surface area (Å²) in [5, 5.41) is 11.2. The first kappa shape index (κ1) is 23.2. The van der Waals surface area contributed by atoms with Crippen molar-refractivity contribution in [3.63, 3.8) is 0 Å². The highest BCUT2D eigenvalue weighted by Gasteiger charge is 2.32. The maximum absolute atomic E-state index is 13.0. The molecule has 0 spiro atoms. The molecular weight excluding hydrogens is 452 g/mol. The third-order valence-electron chi connectivity index (χ3n) is 4.46. The Bertz CT molecular complexity index is 1120. The van der Waals surface area contributed by atoms with E-state index in [2.05, 4.69) is 15.5 Å². The highest BCUT2D eigenvalue weighted by Crippen LogP contribution is 2.29. The molecule has 1 amide bonds. The number of sulfonamides is 1. The van der Waals surface area contributed by atoms with Crippen molar-refractivity contribution < 1.29 is 13.2 Å². The number of aromatic nitrogens is 2. The van der Waals surface area contributed by atoms with Crippen molar-refractivity contribution in [2.24, 2.45) is 0 Å². The third-order valence-corrected chi connectivity index (χ3v) is 7.68. The topological polar surface area (TPSA) is 92.3 Å². The Kier molecular flexibility index (Phi) is 7.69. The zero-order valence-corrected chi connectivity index (χ0v) is 19.9. The summed E-state index contributed by atoms with van der Waals surface area (Å²) in [5.41, 5.74) is 2.62. The molecule has 1 atom stereocenters. The number of anilines is 2. The number of nitrogens with zero attached hydrogens (tertiary/aromatic N) is 3. The number of benzene rings is 2. The fourth-order valence-electron chi connectivity index (χ4n) is 2.98. The summed E-state index contributed by atoms with van der Waals surface area (Å²) in [5.74, 6) is 0.306. The summed E-state index contributed by atoms with van der Waals surface area (Å²) in [6, 6.07) is 16.1. The van der Waals surface area contributed by atoms with E-state index in [9.17, 15) is 13.2 Å². The second-order valence-electron chi connectivity index (χ2n) is 6.96. The number of rotatable bonds is 9. The molecule has 1 N–H and O–H groups in total. The van der Waals surface area contributed by atoms with E-state index in [1.54, 1.807) is 19.1 Å². The number of hydrogen-bond acceptors (Lipinski definition) is 7. The van der Waals surface area contributed by atoms with Gasteiger partial charge in [0.15, 0.2) is 4.34 Å². The Morgan fingerprint density at radius 1 is 1.13 bits per heavy atom. The van der Waals surface area contributed by atoms with Crippen molar-refractivity contribution in [2.75, 3.05) is 15.9 Å². The van der Waals surface area contributed by atoms with Gasteiger partial charge in [-0.1, -0.05) is 78.1 Å². The summed E-state index contributed by atoms with van der Waals surface area (Å²) in [7, 11) is -3.68. The monoisotopic (exact) mass is 476 g/mol. The lowest BCUT2D eigenvalue weighted by Gasteiger charge is -2.29. The number of carbonyl (C=O) groups excluding carboxylic acids is 1. The molecule has 0 aliphatic carbocycles. The Balaban J connectivity index is 1.72. The van der Waals surface area contributed by atoms with E-state index >= 15 is 0 Å². The molecule has 7 nitrogen and oxygen atoms in total. The van der Waals surface area contributed by atoms with Crippen LogP contribution in [0.4, 0.5) is 10.8 Å². The lowest BCUT2D eigenvalue weighted by Crippen LogP contribution is -2.47. The van der Waals surface area contributed by atoms with Crippen molar-refractivity contribution in [1.82, 2.24) is 10.2 Å². The fourth-order valence-corrected chi connectivity index (χ4v) is 5.90. The van der Waals surface area contributed by atoms with E-state index in [-0.39, 0.29) is 0 Å². The SMILES string of the molecule is CC[C@H](C(=O)Nc1nnc(SCc2ccccc2)s1)N(c1ccc(C)cc1)S(C)(=O)=O. The molecule has 164 valence electrons. The Hall–Kier alpha value is -2.43. The minimum absolute atomic E-state index is 0.307. The Labute approximate surface area is 191 Å². The largest absolute Gasteiger partial charge is 0.299 e. The molecule has 3 rings (SSSR count). The van der Waals surface area contributed by atoms with Crippen molar-refractivity contribution in [3.05, 3.63) is 65.7 Å². The zero-order valence-electron chi connectivity index (χ0n) is 17.5. The smallest absolute Gasteiger partial charge is 0.250 e. The summed E-state index contributed by atoms with van der Waals surface area (Å²) in [6.07, 6.45) is 1.41. The van der Waals surface area contributed by atoms with Gasteiger partial charge in [-0.3, -0.25) is 14.4 Å². The second-order valence-corrected chi connectivity index (χ2v) is 11.0. The van der Waals surface area contributed by atoms with Gasteiger partial charge in [0.25, 0.3) is 0 Å². The van der Waals surface area contributed by atoms with Crippen LogP contribution < -0.4 is 9.62 Å². The number of hydrogen-bond donors (Lipinski definition) is 1. The molecule has 0 aliphatic rings.